The van der Waals surface area contributed by atoms with Crippen LogP contribution in [-0.4, -0.2) is 15.9 Å². The van der Waals surface area contributed by atoms with Gasteiger partial charge in [0, 0.05) is 28.7 Å². The Labute approximate surface area is 136 Å². The molecule has 3 rings (SSSR count). The molecule has 2 heterocycles. The first-order chi connectivity index (χ1) is 10.7. The molecule has 1 amide bonds. The molecule has 0 fully saturated rings. The van der Waals surface area contributed by atoms with Crippen LogP contribution < -0.4 is 5.32 Å². The summed E-state index contributed by atoms with van der Waals surface area (Å²) in [5.41, 5.74) is 1.40. The van der Waals surface area contributed by atoms with Gasteiger partial charge in [-0.15, -0.1) is 11.3 Å². The van der Waals surface area contributed by atoms with E-state index in [0.717, 1.165) is 15.5 Å². The number of thiazole rings is 1. The molecular formula is C16H12ClN3OS. The van der Waals surface area contributed by atoms with Gasteiger partial charge in [0.25, 0.3) is 5.91 Å². The number of benzene rings is 1. The number of nitrogens with zero attached hydrogens (tertiary/aromatic N) is 2. The molecule has 0 unspecified atom stereocenters. The van der Waals surface area contributed by atoms with Crippen molar-refractivity contribution >= 4 is 34.0 Å². The average molecular weight is 330 g/mol. The van der Waals surface area contributed by atoms with Gasteiger partial charge in [0.15, 0.2) is 5.13 Å². The lowest BCUT2D eigenvalue weighted by atomic mass is 10.1. The number of rotatable bonds is 4. The molecule has 0 atom stereocenters. The van der Waals surface area contributed by atoms with Crippen LogP contribution in [0.4, 0.5) is 5.13 Å². The van der Waals surface area contributed by atoms with Crippen molar-refractivity contribution in [2.45, 2.75) is 6.42 Å². The Morgan fingerprint density at radius 3 is 2.73 bits per heavy atom. The lowest BCUT2D eigenvalue weighted by Gasteiger charge is -2.01. The van der Waals surface area contributed by atoms with Crippen molar-refractivity contribution in [1.82, 2.24) is 9.97 Å². The molecule has 4 nitrogen and oxygen atoms in total. The molecule has 1 N–H and O–H groups in total. The molecule has 0 aliphatic carbocycles. The van der Waals surface area contributed by atoms with Crippen LogP contribution in [0.2, 0.25) is 5.02 Å². The zero-order valence-corrected chi connectivity index (χ0v) is 13.1. The van der Waals surface area contributed by atoms with E-state index in [4.69, 9.17) is 11.6 Å². The van der Waals surface area contributed by atoms with Gasteiger partial charge in [-0.1, -0.05) is 35.9 Å². The maximum atomic E-state index is 12.0. The third-order valence-corrected chi connectivity index (χ3v) is 4.28. The summed E-state index contributed by atoms with van der Waals surface area (Å²) < 4.78 is 0. The van der Waals surface area contributed by atoms with E-state index >= 15 is 0 Å². The maximum absolute atomic E-state index is 12.0. The van der Waals surface area contributed by atoms with Crippen molar-refractivity contribution in [2.24, 2.45) is 0 Å². The zero-order chi connectivity index (χ0) is 15.4. The molecule has 22 heavy (non-hydrogen) atoms. The Morgan fingerprint density at radius 2 is 1.95 bits per heavy atom. The largest absolute Gasteiger partial charge is 0.296 e. The number of halogens is 1. The highest BCUT2D eigenvalue weighted by molar-refractivity contribution is 7.15. The minimum atomic E-state index is -0.265. The van der Waals surface area contributed by atoms with Crippen LogP contribution in [0, 0.1) is 0 Å². The van der Waals surface area contributed by atoms with E-state index in [2.05, 4.69) is 15.3 Å². The molecule has 6 heteroatoms. The number of hydrogen-bond donors (Lipinski definition) is 1. The predicted molar refractivity (Wildman–Crippen MR) is 88.6 cm³/mol. The third kappa shape index (κ3) is 3.50. The predicted octanol–water partition coefficient (Wildman–Crippen LogP) is 4.03. The summed E-state index contributed by atoms with van der Waals surface area (Å²) in [5, 5.41) is 4.04. The summed E-state index contributed by atoms with van der Waals surface area (Å²) in [7, 11) is 0. The average Bonchev–Trinajstić information content (AvgIpc) is 2.97. The topological polar surface area (TPSA) is 54.9 Å². The van der Waals surface area contributed by atoms with Crippen LogP contribution in [0.3, 0.4) is 0 Å². The number of hydrogen-bond acceptors (Lipinski definition) is 4. The molecule has 0 aliphatic heterocycles. The molecule has 0 saturated heterocycles. The second-order valence-electron chi connectivity index (χ2n) is 4.57. The summed E-state index contributed by atoms with van der Waals surface area (Å²) in [4.78, 5) is 21.3. The van der Waals surface area contributed by atoms with Gasteiger partial charge in [0.05, 0.1) is 0 Å². The highest BCUT2D eigenvalue weighted by atomic mass is 35.5. The Bertz CT molecular complexity index is 789. The second-order valence-corrected chi connectivity index (χ2v) is 6.09. The van der Waals surface area contributed by atoms with Crippen LogP contribution in [0.15, 0.2) is 54.9 Å². The van der Waals surface area contributed by atoms with Gasteiger partial charge in [-0.3, -0.25) is 15.1 Å². The fourth-order valence-corrected chi connectivity index (χ4v) is 2.97. The van der Waals surface area contributed by atoms with E-state index in [0.29, 0.717) is 17.2 Å². The summed E-state index contributed by atoms with van der Waals surface area (Å²) in [6, 6.07) is 12.9. The van der Waals surface area contributed by atoms with Crippen molar-refractivity contribution in [3.05, 3.63) is 76.0 Å². The minimum Gasteiger partial charge on any atom is -0.296 e. The third-order valence-electron chi connectivity index (χ3n) is 2.99. The molecule has 3 aromatic rings. The summed E-state index contributed by atoms with van der Waals surface area (Å²) >= 11 is 7.58. The Morgan fingerprint density at radius 1 is 1.14 bits per heavy atom. The molecule has 0 saturated carbocycles. The number of carbonyl (C=O) groups is 1. The van der Waals surface area contributed by atoms with E-state index in [1.807, 2.05) is 24.3 Å². The maximum Gasteiger partial charge on any atom is 0.276 e. The fraction of sp³-hybridized carbons (Fsp3) is 0.0625. The molecule has 1 aromatic carbocycles. The zero-order valence-electron chi connectivity index (χ0n) is 11.5. The van der Waals surface area contributed by atoms with Crippen LogP contribution in [0.5, 0.6) is 0 Å². The Balaban J connectivity index is 1.69. The van der Waals surface area contributed by atoms with Crippen molar-refractivity contribution in [3.8, 4) is 0 Å². The van der Waals surface area contributed by atoms with E-state index < -0.39 is 0 Å². The molecule has 0 bridgehead atoms. The standard InChI is InChI=1S/C16H12ClN3OS/c17-13-6-2-1-5-11(13)9-12-10-19-16(22-12)20-15(21)14-7-3-4-8-18-14/h1-8,10H,9H2,(H,19,20,21). The smallest absolute Gasteiger partial charge is 0.276 e. The lowest BCUT2D eigenvalue weighted by molar-refractivity contribution is 0.102. The van der Waals surface area contributed by atoms with Gasteiger partial charge in [0.1, 0.15) is 5.69 Å². The number of aromatic nitrogens is 2. The van der Waals surface area contributed by atoms with E-state index in [1.165, 1.54) is 11.3 Å². The second kappa shape index (κ2) is 6.68. The first-order valence-electron chi connectivity index (χ1n) is 6.63. The number of nitrogens with one attached hydrogen (secondary N) is 1. The minimum absolute atomic E-state index is 0.265. The van der Waals surface area contributed by atoms with Crippen molar-refractivity contribution in [3.63, 3.8) is 0 Å². The fourth-order valence-electron chi connectivity index (χ4n) is 1.93. The van der Waals surface area contributed by atoms with Crippen LogP contribution in [-0.2, 0) is 6.42 Å². The van der Waals surface area contributed by atoms with Crippen LogP contribution in [0.25, 0.3) is 0 Å². The first kappa shape index (κ1) is 14.7. The molecule has 0 spiro atoms. The van der Waals surface area contributed by atoms with Gasteiger partial charge in [-0.05, 0) is 23.8 Å². The van der Waals surface area contributed by atoms with E-state index in [9.17, 15) is 4.79 Å². The quantitative estimate of drug-likeness (QED) is 0.786. The van der Waals surface area contributed by atoms with Crippen LogP contribution in [0.1, 0.15) is 20.9 Å². The highest BCUT2D eigenvalue weighted by Gasteiger charge is 2.10. The Hall–Kier alpha value is -2.24. The van der Waals surface area contributed by atoms with Gasteiger partial charge >= 0.3 is 0 Å². The normalized spacial score (nSPS) is 10.4. The summed E-state index contributed by atoms with van der Waals surface area (Å²) in [6.45, 7) is 0. The first-order valence-corrected chi connectivity index (χ1v) is 7.82. The monoisotopic (exact) mass is 329 g/mol. The number of amides is 1. The molecule has 110 valence electrons. The summed E-state index contributed by atoms with van der Waals surface area (Å²) in [6.07, 6.45) is 4.03. The number of pyridine rings is 1. The van der Waals surface area contributed by atoms with Crippen molar-refractivity contribution < 1.29 is 4.79 Å². The van der Waals surface area contributed by atoms with Crippen molar-refractivity contribution in [2.75, 3.05) is 5.32 Å². The highest BCUT2D eigenvalue weighted by Crippen LogP contribution is 2.24. The molecule has 0 aliphatic rings. The molecule has 2 aromatic heterocycles. The number of anilines is 1. The van der Waals surface area contributed by atoms with Gasteiger partial charge in [-0.2, -0.15) is 0 Å². The Kier molecular flexibility index (Phi) is 4.46. The van der Waals surface area contributed by atoms with Gasteiger partial charge in [0.2, 0.25) is 0 Å². The molecular weight excluding hydrogens is 318 g/mol. The van der Waals surface area contributed by atoms with E-state index in [1.54, 1.807) is 30.6 Å². The SMILES string of the molecule is O=C(Nc1ncc(Cc2ccccc2Cl)s1)c1ccccn1. The van der Waals surface area contributed by atoms with Gasteiger partial charge in [-0.25, -0.2) is 4.98 Å². The lowest BCUT2D eigenvalue weighted by Crippen LogP contribution is -2.12. The van der Waals surface area contributed by atoms with Crippen LogP contribution >= 0.6 is 22.9 Å². The van der Waals surface area contributed by atoms with Crippen molar-refractivity contribution in [1.29, 1.82) is 0 Å². The van der Waals surface area contributed by atoms with Gasteiger partial charge < -0.3 is 0 Å². The molecule has 0 radical (unpaired) electrons. The van der Waals surface area contributed by atoms with E-state index in [-0.39, 0.29) is 5.91 Å². The summed E-state index contributed by atoms with van der Waals surface area (Å²) in [5.74, 6) is -0.265. The number of carbonyl (C=O) groups excluding carboxylic acids is 1.